The number of aromatic nitrogens is 3. The fraction of sp³-hybridized carbons (Fsp3) is 0.923. The molecule has 314 valence electrons. The third-order valence-corrected chi connectivity index (χ3v) is 10.1. The van der Waals surface area contributed by atoms with E-state index in [1.54, 1.807) is 27.7 Å². The van der Waals surface area contributed by atoms with Gasteiger partial charge in [-0.25, -0.2) is 9.78 Å². The number of aliphatic hydroxyl groups is 3. The van der Waals surface area contributed by atoms with Crippen LogP contribution in [0.1, 0.15) is 148 Å². The average Bonchev–Trinajstić information content (AvgIpc) is 3.01. The van der Waals surface area contributed by atoms with Crippen molar-refractivity contribution in [1.82, 2.24) is 25.1 Å². The van der Waals surface area contributed by atoms with Crippen LogP contribution in [0, 0.1) is 0 Å². The van der Waals surface area contributed by atoms with Gasteiger partial charge in [0.15, 0.2) is 0 Å². The molecule has 1 aromatic heterocycles. The molecule has 1 aromatic rings. The summed E-state index contributed by atoms with van der Waals surface area (Å²) in [6.45, 7) is 30.3. The maximum absolute atomic E-state index is 10.2. The van der Waals surface area contributed by atoms with Crippen molar-refractivity contribution in [2.75, 3.05) is 54.6 Å². The van der Waals surface area contributed by atoms with E-state index in [2.05, 4.69) is 84.4 Å². The SMILES string of the molecule is CCCCN(c1nc(NCCO)nc(N(CCCC)C2CC(C)(C)N(OOCC(C)(C)O)C(C)(C)C2)n1)C1CC(C)(C)N(OOCC(C)(C)O)C(C)(C)C1. The van der Waals surface area contributed by atoms with Crippen molar-refractivity contribution in [3.63, 3.8) is 0 Å². The quantitative estimate of drug-likeness (QED) is 0.0877. The molecule has 0 amide bonds. The van der Waals surface area contributed by atoms with Gasteiger partial charge in [-0.15, -0.1) is 20.1 Å². The molecular weight excluding hydrogens is 692 g/mol. The van der Waals surface area contributed by atoms with Gasteiger partial charge in [0.25, 0.3) is 0 Å². The molecule has 0 saturated carbocycles. The number of piperidine rings is 2. The molecule has 2 aliphatic rings. The lowest BCUT2D eigenvalue weighted by molar-refractivity contribution is -0.481. The Morgan fingerprint density at radius 1 is 0.667 bits per heavy atom. The van der Waals surface area contributed by atoms with Gasteiger partial charge in [-0.1, -0.05) is 26.7 Å². The molecule has 3 rings (SSSR count). The van der Waals surface area contributed by atoms with Crippen molar-refractivity contribution in [1.29, 1.82) is 0 Å². The van der Waals surface area contributed by atoms with Gasteiger partial charge in [-0.2, -0.15) is 15.0 Å². The van der Waals surface area contributed by atoms with Crippen LogP contribution in [0.4, 0.5) is 17.8 Å². The second-order valence-electron chi connectivity index (χ2n) is 19.3. The fourth-order valence-electron chi connectivity index (χ4n) is 8.12. The van der Waals surface area contributed by atoms with Gasteiger partial charge in [0.1, 0.15) is 13.2 Å². The van der Waals surface area contributed by atoms with E-state index in [1.165, 1.54) is 0 Å². The van der Waals surface area contributed by atoms with Crippen molar-refractivity contribution in [2.45, 2.75) is 194 Å². The maximum atomic E-state index is 10.2. The lowest BCUT2D eigenvalue weighted by atomic mass is 9.78. The predicted molar refractivity (Wildman–Crippen MR) is 213 cm³/mol. The first-order chi connectivity index (χ1) is 24.9. The van der Waals surface area contributed by atoms with Gasteiger partial charge in [-0.3, -0.25) is 0 Å². The number of unbranched alkanes of at least 4 members (excludes halogenated alkanes) is 2. The number of aliphatic hydroxyl groups excluding tert-OH is 1. The highest BCUT2D eigenvalue weighted by Crippen LogP contribution is 2.43. The first kappa shape index (κ1) is 46.4. The molecule has 0 radical (unpaired) electrons. The molecule has 3 heterocycles. The largest absolute Gasteiger partial charge is 0.395 e. The number of rotatable bonds is 21. The summed E-state index contributed by atoms with van der Waals surface area (Å²) in [7, 11) is 0. The molecule has 2 fully saturated rings. The lowest BCUT2D eigenvalue weighted by Gasteiger charge is -2.55. The highest BCUT2D eigenvalue weighted by Gasteiger charge is 2.51. The van der Waals surface area contributed by atoms with Gasteiger partial charge in [0, 0.05) is 53.9 Å². The third-order valence-electron chi connectivity index (χ3n) is 10.1. The van der Waals surface area contributed by atoms with Gasteiger partial charge in [-0.05, 0) is 122 Å². The topological polar surface area (TPSA) is 161 Å². The summed E-state index contributed by atoms with van der Waals surface area (Å²) in [6.07, 6.45) is 6.95. The summed E-state index contributed by atoms with van der Waals surface area (Å²) in [5.41, 5.74) is -3.75. The Kier molecular flexibility index (Phi) is 15.9. The van der Waals surface area contributed by atoms with Crippen LogP contribution >= 0.6 is 0 Å². The number of hydroxylamine groups is 4. The number of hydrogen-bond acceptors (Lipinski definition) is 15. The molecule has 4 N–H and O–H groups in total. The smallest absolute Gasteiger partial charge is 0.232 e. The van der Waals surface area contributed by atoms with E-state index in [4.69, 9.17) is 34.7 Å². The second-order valence-corrected chi connectivity index (χ2v) is 19.3. The van der Waals surface area contributed by atoms with Crippen molar-refractivity contribution in [2.24, 2.45) is 0 Å². The zero-order chi connectivity index (χ0) is 40.8. The van der Waals surface area contributed by atoms with Crippen molar-refractivity contribution >= 4 is 17.8 Å². The Bertz CT molecular complexity index is 1170. The van der Waals surface area contributed by atoms with E-state index in [1.807, 2.05) is 10.1 Å². The molecule has 54 heavy (non-hydrogen) atoms. The molecule has 15 nitrogen and oxygen atoms in total. The Hall–Kier alpha value is -1.95. The minimum absolute atomic E-state index is 0.0454. The van der Waals surface area contributed by atoms with Gasteiger partial charge in [0.05, 0.1) is 17.8 Å². The highest BCUT2D eigenvalue weighted by molar-refractivity contribution is 5.47. The summed E-state index contributed by atoms with van der Waals surface area (Å²) in [5, 5.41) is 37.3. The Morgan fingerprint density at radius 2 is 1.02 bits per heavy atom. The minimum atomic E-state index is -1.02. The Morgan fingerprint density at radius 3 is 1.31 bits per heavy atom. The first-order valence-electron chi connectivity index (χ1n) is 20.1. The number of nitrogens with zero attached hydrogens (tertiary/aromatic N) is 7. The molecular formula is C39H76N8O7. The molecule has 0 aliphatic carbocycles. The molecule has 2 aliphatic heterocycles. The van der Waals surface area contributed by atoms with Gasteiger partial charge >= 0.3 is 0 Å². The van der Waals surface area contributed by atoms with E-state index < -0.39 is 33.4 Å². The van der Waals surface area contributed by atoms with Crippen LogP contribution in [0.25, 0.3) is 0 Å². The Balaban J connectivity index is 2.05. The Labute approximate surface area is 325 Å². The number of hydrogen-bond donors (Lipinski definition) is 4. The molecule has 2 saturated heterocycles. The van der Waals surface area contributed by atoms with Crippen LogP contribution in [0.5, 0.6) is 0 Å². The number of nitrogens with one attached hydrogen (secondary N) is 1. The summed E-state index contributed by atoms with van der Waals surface area (Å²) in [6, 6.07) is 0.144. The van der Waals surface area contributed by atoms with E-state index >= 15 is 0 Å². The molecule has 0 atom stereocenters. The van der Waals surface area contributed by atoms with Gasteiger partial charge < -0.3 is 30.4 Å². The highest BCUT2D eigenvalue weighted by atomic mass is 17.3. The van der Waals surface area contributed by atoms with Crippen LogP contribution in [-0.4, -0.2) is 125 Å². The maximum Gasteiger partial charge on any atom is 0.232 e. The average molecular weight is 769 g/mol. The van der Waals surface area contributed by atoms with Crippen LogP contribution in [0.3, 0.4) is 0 Å². The normalized spacial score (nSPS) is 21.0. The summed E-state index contributed by atoms with van der Waals surface area (Å²) in [4.78, 5) is 43.1. The summed E-state index contributed by atoms with van der Waals surface area (Å²) >= 11 is 0. The minimum Gasteiger partial charge on any atom is -0.395 e. The standard InChI is InChI=1S/C39H76N8O7/c1-15-17-20-44(29-23-34(3,4)46(35(5,6)24-29)53-51-27-38(11,12)49)32-41-31(40-19-22-48)42-33(43-32)45(21-18-16-2)30-25-36(7,8)47(37(9,10)26-30)54-52-28-39(13,14)50/h29-30,48-50H,15-28H2,1-14H3,(H,40,41,42,43). The third kappa shape index (κ3) is 13.1. The van der Waals surface area contributed by atoms with Crippen LogP contribution < -0.4 is 15.1 Å². The van der Waals surface area contributed by atoms with Crippen LogP contribution in [0.15, 0.2) is 0 Å². The molecule has 15 heteroatoms. The van der Waals surface area contributed by atoms with E-state index in [0.717, 1.165) is 64.5 Å². The van der Waals surface area contributed by atoms with E-state index in [-0.39, 0.29) is 31.9 Å². The zero-order valence-electron chi connectivity index (χ0n) is 36.2. The number of anilines is 3. The molecule has 0 spiro atoms. The van der Waals surface area contributed by atoms with E-state index in [0.29, 0.717) is 24.4 Å². The van der Waals surface area contributed by atoms with Crippen molar-refractivity contribution in [3.05, 3.63) is 0 Å². The van der Waals surface area contributed by atoms with Crippen molar-refractivity contribution in [3.8, 4) is 0 Å². The molecule has 0 bridgehead atoms. The first-order valence-corrected chi connectivity index (χ1v) is 20.1. The van der Waals surface area contributed by atoms with Gasteiger partial charge in [0.2, 0.25) is 17.8 Å². The lowest BCUT2D eigenvalue weighted by Crippen LogP contribution is -2.64. The van der Waals surface area contributed by atoms with Crippen molar-refractivity contribution < 1.29 is 35.1 Å². The monoisotopic (exact) mass is 769 g/mol. The van der Waals surface area contributed by atoms with E-state index in [9.17, 15) is 15.3 Å². The second kappa shape index (κ2) is 18.5. The zero-order valence-corrected chi connectivity index (χ0v) is 36.2. The molecule has 0 aromatic carbocycles. The fourth-order valence-corrected chi connectivity index (χ4v) is 8.12. The summed E-state index contributed by atoms with van der Waals surface area (Å²) < 4.78 is 0. The predicted octanol–water partition coefficient (Wildman–Crippen LogP) is 5.80. The molecule has 0 unspecified atom stereocenters. The summed E-state index contributed by atoms with van der Waals surface area (Å²) in [5.74, 6) is 1.66. The van der Waals surface area contributed by atoms with Crippen LogP contribution in [-0.2, 0) is 19.8 Å². The van der Waals surface area contributed by atoms with Crippen LogP contribution in [0.2, 0.25) is 0 Å².